The zero-order valence-electron chi connectivity index (χ0n) is 10.8. The van der Waals surface area contributed by atoms with E-state index in [1.54, 1.807) is 27.5 Å². The van der Waals surface area contributed by atoms with Crippen LogP contribution in [0, 0.1) is 3.57 Å². The smallest absolute Gasteiger partial charge is 0.336 e. The molecule has 0 radical (unpaired) electrons. The standard InChI is InChI=1S/C13H14F3IN2O/c1-8-7-19(3-2-18-8)12(20)9-4-10(13(14,15)16)6-11(17)5-9/h4-6,8,18H,2-3,7H2,1H3/t8-/m0/s1. The highest BCUT2D eigenvalue weighted by molar-refractivity contribution is 14.1. The summed E-state index contributed by atoms with van der Waals surface area (Å²) in [5.74, 6) is -0.345. The molecule has 1 fully saturated rings. The Hall–Kier alpha value is -0.830. The fraction of sp³-hybridized carbons (Fsp3) is 0.462. The lowest BCUT2D eigenvalue weighted by molar-refractivity contribution is -0.137. The fourth-order valence-electron chi connectivity index (χ4n) is 2.18. The van der Waals surface area contributed by atoms with Crippen LogP contribution in [0.15, 0.2) is 18.2 Å². The second-order valence-electron chi connectivity index (χ2n) is 4.83. The minimum absolute atomic E-state index is 0.0957. The van der Waals surface area contributed by atoms with Crippen LogP contribution in [-0.2, 0) is 6.18 Å². The van der Waals surface area contributed by atoms with Gasteiger partial charge in [-0.3, -0.25) is 4.79 Å². The van der Waals surface area contributed by atoms with Gasteiger partial charge in [0.05, 0.1) is 5.56 Å². The zero-order valence-corrected chi connectivity index (χ0v) is 13.0. The summed E-state index contributed by atoms with van der Waals surface area (Å²) >= 11 is 1.80. The maximum absolute atomic E-state index is 12.8. The monoisotopic (exact) mass is 398 g/mol. The van der Waals surface area contributed by atoms with E-state index in [2.05, 4.69) is 5.32 Å². The van der Waals surface area contributed by atoms with Crippen molar-refractivity contribution >= 4 is 28.5 Å². The first-order valence-corrected chi connectivity index (χ1v) is 7.25. The van der Waals surface area contributed by atoms with Crippen LogP contribution in [0.1, 0.15) is 22.8 Å². The molecule has 1 amide bonds. The van der Waals surface area contributed by atoms with Crippen LogP contribution in [0.3, 0.4) is 0 Å². The number of hydrogen-bond acceptors (Lipinski definition) is 2. The molecule has 0 saturated carbocycles. The Kier molecular flexibility index (Phi) is 4.58. The molecule has 7 heteroatoms. The molecule has 1 N–H and O–H groups in total. The number of rotatable bonds is 1. The number of halogens is 4. The summed E-state index contributed by atoms with van der Waals surface area (Å²) in [5, 5.41) is 3.19. The van der Waals surface area contributed by atoms with E-state index in [0.29, 0.717) is 23.2 Å². The van der Waals surface area contributed by atoms with Crippen molar-refractivity contribution in [3.63, 3.8) is 0 Å². The summed E-state index contributed by atoms with van der Waals surface area (Å²) in [6.07, 6.45) is -4.44. The van der Waals surface area contributed by atoms with Gasteiger partial charge in [0.2, 0.25) is 0 Å². The van der Waals surface area contributed by atoms with E-state index in [0.717, 1.165) is 12.1 Å². The van der Waals surface area contributed by atoms with E-state index >= 15 is 0 Å². The molecule has 0 unspecified atom stereocenters. The van der Waals surface area contributed by atoms with Gasteiger partial charge < -0.3 is 10.2 Å². The molecule has 0 aromatic heterocycles. The van der Waals surface area contributed by atoms with Crippen molar-refractivity contribution in [3.8, 4) is 0 Å². The molecule has 1 aliphatic heterocycles. The minimum atomic E-state index is -4.44. The largest absolute Gasteiger partial charge is 0.416 e. The van der Waals surface area contributed by atoms with E-state index in [1.165, 1.54) is 6.07 Å². The normalized spacial score (nSPS) is 20.1. The molecule has 1 aromatic carbocycles. The molecule has 0 spiro atoms. The maximum atomic E-state index is 12.8. The molecule has 2 rings (SSSR count). The topological polar surface area (TPSA) is 32.3 Å². The van der Waals surface area contributed by atoms with Gasteiger partial charge in [0, 0.05) is 34.8 Å². The highest BCUT2D eigenvalue weighted by atomic mass is 127. The Labute approximate surface area is 128 Å². The average Bonchev–Trinajstić information content (AvgIpc) is 2.36. The van der Waals surface area contributed by atoms with Gasteiger partial charge in [-0.05, 0) is 47.7 Å². The Bertz CT molecular complexity index is 519. The van der Waals surface area contributed by atoms with Gasteiger partial charge in [0.15, 0.2) is 0 Å². The molecule has 110 valence electrons. The van der Waals surface area contributed by atoms with Gasteiger partial charge in [-0.15, -0.1) is 0 Å². The quantitative estimate of drug-likeness (QED) is 0.739. The van der Waals surface area contributed by atoms with Crippen molar-refractivity contribution in [2.24, 2.45) is 0 Å². The molecule has 1 aromatic rings. The van der Waals surface area contributed by atoms with Gasteiger partial charge in [-0.25, -0.2) is 0 Å². The van der Waals surface area contributed by atoms with Gasteiger partial charge >= 0.3 is 6.18 Å². The summed E-state index contributed by atoms with van der Waals surface area (Å²) in [5.41, 5.74) is -0.686. The third-order valence-electron chi connectivity index (χ3n) is 3.13. The SMILES string of the molecule is C[C@H]1CN(C(=O)c2cc(I)cc(C(F)(F)F)c2)CCN1. The molecule has 0 aliphatic carbocycles. The number of benzene rings is 1. The maximum Gasteiger partial charge on any atom is 0.416 e. The van der Waals surface area contributed by atoms with Gasteiger partial charge in [-0.2, -0.15) is 13.2 Å². The van der Waals surface area contributed by atoms with Crippen molar-refractivity contribution in [1.82, 2.24) is 10.2 Å². The van der Waals surface area contributed by atoms with E-state index in [-0.39, 0.29) is 17.5 Å². The van der Waals surface area contributed by atoms with Crippen molar-refractivity contribution in [2.45, 2.75) is 19.1 Å². The van der Waals surface area contributed by atoms with Crippen LogP contribution in [0.2, 0.25) is 0 Å². The van der Waals surface area contributed by atoms with Crippen molar-refractivity contribution in [3.05, 3.63) is 32.9 Å². The summed E-state index contributed by atoms with van der Waals surface area (Å²) in [4.78, 5) is 13.9. The summed E-state index contributed by atoms with van der Waals surface area (Å²) in [7, 11) is 0. The molecule has 1 aliphatic rings. The second kappa shape index (κ2) is 5.88. The molecule has 1 heterocycles. The van der Waals surface area contributed by atoms with Crippen LogP contribution in [-0.4, -0.2) is 36.5 Å². The van der Waals surface area contributed by atoms with Crippen molar-refractivity contribution < 1.29 is 18.0 Å². The lowest BCUT2D eigenvalue weighted by atomic mass is 10.1. The van der Waals surface area contributed by atoms with E-state index < -0.39 is 11.7 Å². The number of carbonyl (C=O) groups excluding carboxylic acids is 1. The molecular weight excluding hydrogens is 384 g/mol. The molecule has 0 bridgehead atoms. The van der Waals surface area contributed by atoms with Crippen LogP contribution in [0.25, 0.3) is 0 Å². The molecule has 1 saturated heterocycles. The molecule has 20 heavy (non-hydrogen) atoms. The molecule has 3 nitrogen and oxygen atoms in total. The first-order valence-electron chi connectivity index (χ1n) is 6.18. The van der Waals surface area contributed by atoms with Crippen molar-refractivity contribution in [2.75, 3.05) is 19.6 Å². The third kappa shape index (κ3) is 3.63. The van der Waals surface area contributed by atoms with Crippen molar-refractivity contribution in [1.29, 1.82) is 0 Å². The highest BCUT2D eigenvalue weighted by Gasteiger charge is 2.32. The van der Waals surface area contributed by atoms with Gasteiger partial charge in [-0.1, -0.05) is 0 Å². The molecule has 1 atom stereocenters. The predicted molar refractivity (Wildman–Crippen MR) is 77.5 cm³/mol. The van der Waals surface area contributed by atoms with E-state index in [1.807, 2.05) is 6.92 Å². The Balaban J connectivity index is 2.28. The Morgan fingerprint density at radius 2 is 2.10 bits per heavy atom. The number of nitrogens with one attached hydrogen (secondary N) is 1. The number of alkyl halides is 3. The van der Waals surface area contributed by atoms with Crippen LogP contribution >= 0.6 is 22.6 Å². The first-order chi connectivity index (χ1) is 9.27. The number of hydrogen-bond donors (Lipinski definition) is 1. The zero-order chi connectivity index (χ0) is 14.9. The summed E-state index contributed by atoms with van der Waals surface area (Å²) in [6, 6.07) is 3.61. The van der Waals surface area contributed by atoms with E-state index in [9.17, 15) is 18.0 Å². The Morgan fingerprint density at radius 3 is 2.70 bits per heavy atom. The highest BCUT2D eigenvalue weighted by Crippen LogP contribution is 2.31. The third-order valence-corrected chi connectivity index (χ3v) is 3.75. The van der Waals surface area contributed by atoms with Gasteiger partial charge in [0.1, 0.15) is 0 Å². The number of piperazine rings is 1. The van der Waals surface area contributed by atoms with Crippen LogP contribution in [0.4, 0.5) is 13.2 Å². The minimum Gasteiger partial charge on any atom is -0.336 e. The van der Waals surface area contributed by atoms with E-state index in [4.69, 9.17) is 0 Å². The number of amides is 1. The average molecular weight is 398 g/mol. The number of nitrogens with zero attached hydrogens (tertiary/aromatic N) is 1. The van der Waals surface area contributed by atoms with Crippen LogP contribution < -0.4 is 5.32 Å². The fourth-order valence-corrected chi connectivity index (χ4v) is 2.85. The lowest BCUT2D eigenvalue weighted by Gasteiger charge is -2.32. The number of carbonyl (C=O) groups is 1. The van der Waals surface area contributed by atoms with Crippen LogP contribution in [0.5, 0.6) is 0 Å². The predicted octanol–water partition coefficient (Wildman–Crippen LogP) is 2.74. The summed E-state index contributed by atoms with van der Waals surface area (Å²) in [6.45, 7) is 3.61. The summed E-state index contributed by atoms with van der Waals surface area (Å²) < 4.78 is 38.7. The van der Waals surface area contributed by atoms with Gasteiger partial charge in [0.25, 0.3) is 5.91 Å². The second-order valence-corrected chi connectivity index (χ2v) is 6.08. The Morgan fingerprint density at radius 1 is 1.40 bits per heavy atom. The molecular formula is C13H14F3IN2O. The first kappa shape index (κ1) is 15.6. The lowest BCUT2D eigenvalue weighted by Crippen LogP contribution is -2.51.